The Morgan fingerprint density at radius 3 is 2.37 bits per heavy atom. The largest absolute Gasteiger partial charge is 0.484 e. The Kier molecular flexibility index (Phi) is 7.48. The fraction of sp³-hybridized carbons (Fsp3) is 0.407. The molecule has 8 heteroatoms. The number of carbonyl (C=O) groups excluding carboxylic acids is 4. The Morgan fingerprint density at radius 2 is 1.74 bits per heavy atom. The number of benzene rings is 2. The molecule has 1 unspecified atom stereocenters. The maximum atomic E-state index is 12.8. The topological polar surface area (TPSA) is 105 Å². The van der Waals surface area contributed by atoms with Crippen LogP contribution in [0.15, 0.2) is 54.6 Å². The van der Waals surface area contributed by atoms with Gasteiger partial charge in [0, 0.05) is 31.1 Å². The fourth-order valence-electron chi connectivity index (χ4n) is 4.83. The maximum absolute atomic E-state index is 12.8. The molecule has 2 aliphatic rings. The van der Waals surface area contributed by atoms with Gasteiger partial charge in [-0.3, -0.25) is 24.5 Å². The summed E-state index contributed by atoms with van der Waals surface area (Å²) in [7, 11) is 0. The minimum Gasteiger partial charge on any atom is -0.484 e. The number of nitrogens with zero attached hydrogens (tertiary/aromatic N) is 1. The van der Waals surface area contributed by atoms with Crippen LogP contribution in [-0.4, -0.2) is 48.2 Å². The Bertz CT molecular complexity index is 1080. The molecule has 184 valence electrons. The van der Waals surface area contributed by atoms with Crippen LogP contribution < -0.4 is 15.4 Å². The molecule has 2 fully saturated rings. The summed E-state index contributed by atoms with van der Waals surface area (Å²) in [5, 5.41) is 5.41. The standard InChI is InChI=1S/C27H31N3O5/c1-2-27(15-12-23(31)29-26(27)34)20-8-10-21(11-9-20)28-25(33)19-13-16-30(17-14-19)24(32)18-35-22-6-4-3-5-7-22/h3-11,19H,2,12-18H2,1H3,(H,28,33)(H,29,31,34). The first-order valence-corrected chi connectivity index (χ1v) is 12.1. The first kappa shape index (κ1) is 24.4. The summed E-state index contributed by atoms with van der Waals surface area (Å²) >= 11 is 0. The molecule has 0 spiro atoms. The van der Waals surface area contributed by atoms with Crippen molar-refractivity contribution in [3.63, 3.8) is 0 Å². The smallest absolute Gasteiger partial charge is 0.260 e. The highest BCUT2D eigenvalue weighted by atomic mass is 16.5. The number of anilines is 1. The van der Waals surface area contributed by atoms with Crippen LogP contribution in [0.25, 0.3) is 0 Å². The average Bonchev–Trinajstić information content (AvgIpc) is 2.89. The molecule has 0 aromatic heterocycles. The van der Waals surface area contributed by atoms with Crippen LogP contribution in [0.5, 0.6) is 5.75 Å². The van der Waals surface area contributed by atoms with Crippen LogP contribution in [-0.2, 0) is 24.6 Å². The van der Waals surface area contributed by atoms with Crippen molar-refractivity contribution in [2.75, 3.05) is 25.0 Å². The van der Waals surface area contributed by atoms with E-state index in [-0.39, 0.29) is 36.2 Å². The predicted molar refractivity (Wildman–Crippen MR) is 131 cm³/mol. The monoisotopic (exact) mass is 477 g/mol. The van der Waals surface area contributed by atoms with Gasteiger partial charge in [0.1, 0.15) is 5.75 Å². The fourth-order valence-corrected chi connectivity index (χ4v) is 4.83. The van der Waals surface area contributed by atoms with Gasteiger partial charge in [0.05, 0.1) is 5.41 Å². The molecule has 8 nitrogen and oxygen atoms in total. The second-order valence-corrected chi connectivity index (χ2v) is 9.14. The van der Waals surface area contributed by atoms with E-state index in [1.807, 2.05) is 49.4 Å². The van der Waals surface area contributed by atoms with Gasteiger partial charge < -0.3 is 15.0 Å². The number of piperidine rings is 2. The Morgan fingerprint density at radius 1 is 1.06 bits per heavy atom. The van der Waals surface area contributed by atoms with Gasteiger partial charge in [0.15, 0.2) is 6.61 Å². The third kappa shape index (κ3) is 5.53. The van der Waals surface area contributed by atoms with Crippen LogP contribution in [0.3, 0.4) is 0 Å². The molecule has 4 rings (SSSR count). The molecule has 0 saturated carbocycles. The summed E-state index contributed by atoms with van der Waals surface area (Å²) in [6.45, 7) is 2.95. The van der Waals surface area contributed by atoms with Crippen LogP contribution in [0.1, 0.15) is 44.6 Å². The van der Waals surface area contributed by atoms with Gasteiger partial charge in [0.25, 0.3) is 5.91 Å². The first-order chi connectivity index (χ1) is 16.9. The summed E-state index contributed by atoms with van der Waals surface area (Å²) in [6.07, 6.45) is 2.57. The number of carbonyl (C=O) groups is 4. The highest BCUT2D eigenvalue weighted by Crippen LogP contribution is 2.36. The van der Waals surface area contributed by atoms with Crippen molar-refractivity contribution < 1.29 is 23.9 Å². The zero-order chi connectivity index (χ0) is 24.8. The summed E-state index contributed by atoms with van der Waals surface area (Å²) in [5.74, 6) is -0.171. The summed E-state index contributed by atoms with van der Waals surface area (Å²) in [5.41, 5.74) is 0.777. The second kappa shape index (κ2) is 10.7. The summed E-state index contributed by atoms with van der Waals surface area (Å²) < 4.78 is 5.54. The zero-order valence-electron chi connectivity index (χ0n) is 19.9. The van der Waals surface area contributed by atoms with Crippen LogP contribution in [0.4, 0.5) is 5.69 Å². The number of rotatable bonds is 7. The number of amides is 4. The quantitative estimate of drug-likeness (QED) is 0.597. The van der Waals surface area contributed by atoms with E-state index < -0.39 is 5.41 Å². The lowest BCUT2D eigenvalue weighted by Gasteiger charge is -2.35. The van der Waals surface area contributed by atoms with Crippen LogP contribution in [0.2, 0.25) is 0 Å². The van der Waals surface area contributed by atoms with Gasteiger partial charge in [-0.15, -0.1) is 0 Å². The lowest BCUT2D eigenvalue weighted by molar-refractivity contribution is -0.138. The van der Waals surface area contributed by atoms with Crippen molar-refractivity contribution in [1.29, 1.82) is 0 Å². The molecule has 2 aliphatic heterocycles. The minimum atomic E-state index is -0.722. The van der Waals surface area contributed by atoms with Crippen LogP contribution in [0, 0.1) is 5.92 Å². The third-order valence-electron chi connectivity index (χ3n) is 7.10. The van der Waals surface area contributed by atoms with Crippen molar-refractivity contribution in [2.24, 2.45) is 5.92 Å². The van der Waals surface area contributed by atoms with E-state index in [2.05, 4.69) is 10.6 Å². The molecule has 0 radical (unpaired) electrons. The van der Waals surface area contributed by atoms with E-state index in [1.165, 1.54) is 0 Å². The normalized spacial score (nSPS) is 20.8. The molecular formula is C27H31N3O5. The van der Waals surface area contributed by atoms with Crippen molar-refractivity contribution >= 4 is 29.3 Å². The number of para-hydroxylation sites is 1. The highest BCUT2D eigenvalue weighted by Gasteiger charge is 2.42. The first-order valence-electron chi connectivity index (χ1n) is 12.1. The van der Waals surface area contributed by atoms with Gasteiger partial charge in [-0.25, -0.2) is 0 Å². The number of nitrogens with one attached hydrogen (secondary N) is 2. The van der Waals surface area contributed by atoms with E-state index in [9.17, 15) is 19.2 Å². The lowest BCUT2D eigenvalue weighted by atomic mass is 9.72. The van der Waals surface area contributed by atoms with E-state index in [4.69, 9.17) is 4.74 Å². The predicted octanol–water partition coefficient (Wildman–Crippen LogP) is 3.03. The molecule has 2 aromatic carbocycles. The third-order valence-corrected chi connectivity index (χ3v) is 7.10. The SMILES string of the molecule is CCC1(c2ccc(NC(=O)C3CCN(C(=O)COc4ccccc4)CC3)cc2)CCC(=O)NC1=O. The average molecular weight is 478 g/mol. The Balaban J connectivity index is 1.27. The lowest BCUT2D eigenvalue weighted by Crippen LogP contribution is -2.51. The highest BCUT2D eigenvalue weighted by molar-refractivity contribution is 6.03. The van der Waals surface area contributed by atoms with E-state index in [0.29, 0.717) is 56.6 Å². The van der Waals surface area contributed by atoms with Gasteiger partial charge in [-0.1, -0.05) is 37.3 Å². The van der Waals surface area contributed by atoms with Gasteiger partial charge >= 0.3 is 0 Å². The Hall–Kier alpha value is -3.68. The van der Waals surface area contributed by atoms with Crippen molar-refractivity contribution in [3.8, 4) is 5.75 Å². The van der Waals surface area contributed by atoms with E-state index >= 15 is 0 Å². The molecule has 0 aliphatic carbocycles. The maximum Gasteiger partial charge on any atom is 0.260 e. The molecule has 2 aromatic rings. The molecule has 1 atom stereocenters. The number of ether oxygens (including phenoxy) is 1. The van der Waals surface area contributed by atoms with Crippen LogP contribution >= 0.6 is 0 Å². The van der Waals surface area contributed by atoms with Crippen molar-refractivity contribution in [1.82, 2.24) is 10.2 Å². The molecule has 2 saturated heterocycles. The minimum absolute atomic E-state index is 0.0152. The van der Waals surface area contributed by atoms with Crippen molar-refractivity contribution in [3.05, 3.63) is 60.2 Å². The molecule has 0 bridgehead atoms. The number of likely N-dealkylation sites (tertiary alicyclic amines) is 1. The Labute approximate surface area is 205 Å². The summed E-state index contributed by atoms with van der Waals surface area (Å²) in [4.78, 5) is 51.1. The van der Waals surface area contributed by atoms with E-state index in [0.717, 1.165) is 5.56 Å². The van der Waals surface area contributed by atoms with Gasteiger partial charge in [0.2, 0.25) is 17.7 Å². The van der Waals surface area contributed by atoms with Gasteiger partial charge in [-0.2, -0.15) is 0 Å². The molecular weight excluding hydrogens is 446 g/mol. The number of hydrogen-bond acceptors (Lipinski definition) is 5. The van der Waals surface area contributed by atoms with Gasteiger partial charge in [-0.05, 0) is 55.5 Å². The molecule has 2 heterocycles. The molecule has 2 N–H and O–H groups in total. The molecule has 4 amide bonds. The number of imide groups is 1. The number of hydrogen-bond donors (Lipinski definition) is 2. The summed E-state index contributed by atoms with van der Waals surface area (Å²) in [6, 6.07) is 16.5. The molecule has 35 heavy (non-hydrogen) atoms. The van der Waals surface area contributed by atoms with Crippen molar-refractivity contribution in [2.45, 2.75) is 44.4 Å². The second-order valence-electron chi connectivity index (χ2n) is 9.14. The van der Waals surface area contributed by atoms with E-state index in [1.54, 1.807) is 17.0 Å². The zero-order valence-corrected chi connectivity index (χ0v) is 19.9.